The molecule has 11 rings (SSSR count). The molecule has 0 N–H and O–H groups in total. The molecule has 0 aliphatic rings. The molecule has 0 saturated heterocycles. The molecule has 2 heterocycles. The van der Waals surface area contributed by atoms with E-state index in [1.165, 1.54) is 84.9 Å². The van der Waals surface area contributed by atoms with E-state index < -0.39 is 0 Å². The summed E-state index contributed by atoms with van der Waals surface area (Å²) in [7, 11) is 0. The Hall–Kier alpha value is -6.78. The Balaban J connectivity index is 1.17. The van der Waals surface area contributed by atoms with Crippen LogP contribution in [0.3, 0.4) is 0 Å². The maximum absolute atomic E-state index is 2.47. The molecule has 9 aromatic carbocycles. The highest BCUT2D eigenvalue weighted by atomic mass is 32.1. The number of thiophene rings is 2. The van der Waals surface area contributed by atoms with Crippen LogP contribution in [0.25, 0.3) is 84.9 Å². The Bertz CT molecular complexity index is 3230. The first-order chi connectivity index (χ1) is 28.3. The van der Waals surface area contributed by atoms with Crippen molar-refractivity contribution in [2.45, 2.75) is 0 Å². The van der Waals surface area contributed by atoms with E-state index in [-0.39, 0.29) is 0 Å². The summed E-state index contributed by atoms with van der Waals surface area (Å²) in [6.45, 7) is 0. The molecule has 0 spiro atoms. The molecule has 0 aliphatic carbocycles. The molecule has 57 heavy (non-hydrogen) atoms. The predicted octanol–water partition coefficient (Wildman–Crippen LogP) is 16.6. The summed E-state index contributed by atoms with van der Waals surface area (Å²) in [4.78, 5) is 2.47. The molecule has 0 bridgehead atoms. The molecule has 0 aliphatic heterocycles. The van der Waals surface area contributed by atoms with Gasteiger partial charge >= 0.3 is 0 Å². The summed E-state index contributed by atoms with van der Waals surface area (Å²) in [5.41, 5.74) is 13.0. The van der Waals surface area contributed by atoms with Crippen LogP contribution in [0, 0.1) is 0 Å². The van der Waals surface area contributed by atoms with Crippen molar-refractivity contribution >= 4 is 80.1 Å². The van der Waals surface area contributed by atoms with Crippen LogP contribution in [0.5, 0.6) is 0 Å². The zero-order chi connectivity index (χ0) is 37.7. The number of fused-ring (bicyclic) bond motifs is 6. The van der Waals surface area contributed by atoms with Gasteiger partial charge in [0.15, 0.2) is 0 Å². The van der Waals surface area contributed by atoms with Crippen molar-refractivity contribution in [1.82, 2.24) is 0 Å². The second-order valence-electron chi connectivity index (χ2n) is 14.4. The number of hydrogen-bond donors (Lipinski definition) is 0. The zero-order valence-corrected chi connectivity index (χ0v) is 32.6. The van der Waals surface area contributed by atoms with Crippen molar-refractivity contribution in [2.75, 3.05) is 4.90 Å². The largest absolute Gasteiger partial charge is 0.310 e. The van der Waals surface area contributed by atoms with Crippen molar-refractivity contribution in [3.63, 3.8) is 0 Å². The van der Waals surface area contributed by atoms with E-state index in [1.807, 2.05) is 22.7 Å². The highest BCUT2D eigenvalue weighted by Crippen LogP contribution is 2.49. The van der Waals surface area contributed by atoms with Gasteiger partial charge < -0.3 is 4.90 Å². The molecule has 0 radical (unpaired) electrons. The van der Waals surface area contributed by atoms with Crippen molar-refractivity contribution in [3.8, 4) is 44.5 Å². The third-order valence-electron chi connectivity index (χ3n) is 11.1. The molecule has 0 unspecified atom stereocenters. The van der Waals surface area contributed by atoms with Gasteiger partial charge in [0.05, 0.1) is 5.69 Å². The second-order valence-corrected chi connectivity index (χ2v) is 16.6. The van der Waals surface area contributed by atoms with Crippen LogP contribution in [0.15, 0.2) is 212 Å². The average Bonchev–Trinajstić information content (AvgIpc) is 3.86. The number of hydrogen-bond acceptors (Lipinski definition) is 3. The first-order valence-electron chi connectivity index (χ1n) is 19.3. The van der Waals surface area contributed by atoms with Crippen LogP contribution >= 0.6 is 22.7 Å². The van der Waals surface area contributed by atoms with Crippen LogP contribution in [0.4, 0.5) is 17.1 Å². The molecule has 0 fully saturated rings. The Kier molecular flexibility index (Phi) is 8.28. The van der Waals surface area contributed by atoms with Crippen LogP contribution < -0.4 is 4.90 Å². The summed E-state index contributed by atoms with van der Waals surface area (Å²) in [5.74, 6) is 0. The van der Waals surface area contributed by atoms with Gasteiger partial charge in [-0.3, -0.25) is 0 Å². The lowest BCUT2D eigenvalue weighted by atomic mass is 9.87. The molecule has 11 aromatic rings. The van der Waals surface area contributed by atoms with Gasteiger partial charge in [-0.1, -0.05) is 158 Å². The standard InChI is InChI=1S/C54H35NS2/c1-3-15-36(16-4-1)41-19-7-8-21-45(41)53-42(37-17-5-2-6-18-37)23-13-25-48(53)55(40-33-34-51-47(35-40)44-20-9-11-26-49(44)56-51)39-31-29-38(30-32-39)43-24-14-28-52-54(43)46-22-10-12-27-50(46)57-52/h1-35H. The summed E-state index contributed by atoms with van der Waals surface area (Å²) in [6.07, 6.45) is 0. The van der Waals surface area contributed by atoms with Gasteiger partial charge in [-0.05, 0) is 93.5 Å². The quantitative estimate of drug-likeness (QED) is 0.156. The number of benzene rings is 9. The van der Waals surface area contributed by atoms with E-state index in [4.69, 9.17) is 0 Å². The molecule has 268 valence electrons. The minimum absolute atomic E-state index is 1.10. The van der Waals surface area contributed by atoms with Crippen LogP contribution in [-0.4, -0.2) is 0 Å². The average molecular weight is 762 g/mol. The molecule has 2 aromatic heterocycles. The number of rotatable bonds is 7. The lowest BCUT2D eigenvalue weighted by molar-refractivity contribution is 1.29. The van der Waals surface area contributed by atoms with Crippen molar-refractivity contribution in [3.05, 3.63) is 212 Å². The third-order valence-corrected chi connectivity index (χ3v) is 13.4. The van der Waals surface area contributed by atoms with E-state index in [0.29, 0.717) is 0 Å². The minimum Gasteiger partial charge on any atom is -0.310 e. The van der Waals surface area contributed by atoms with E-state index in [9.17, 15) is 0 Å². The zero-order valence-electron chi connectivity index (χ0n) is 31.0. The Morgan fingerprint density at radius 3 is 1.58 bits per heavy atom. The third kappa shape index (κ3) is 5.83. The summed E-state index contributed by atoms with van der Waals surface area (Å²) in [6, 6.07) is 77.7. The number of anilines is 3. The van der Waals surface area contributed by atoms with Gasteiger partial charge in [0, 0.05) is 57.3 Å². The normalized spacial score (nSPS) is 11.5. The summed E-state index contributed by atoms with van der Waals surface area (Å²) >= 11 is 3.72. The number of nitrogens with zero attached hydrogens (tertiary/aromatic N) is 1. The molecule has 3 heteroatoms. The fourth-order valence-electron chi connectivity index (χ4n) is 8.52. The van der Waals surface area contributed by atoms with Gasteiger partial charge in [-0.15, -0.1) is 22.7 Å². The van der Waals surface area contributed by atoms with Crippen LogP contribution in [-0.2, 0) is 0 Å². The first kappa shape index (κ1) is 33.5. The van der Waals surface area contributed by atoms with E-state index in [0.717, 1.165) is 17.1 Å². The van der Waals surface area contributed by atoms with Gasteiger partial charge in [0.2, 0.25) is 0 Å². The Labute approximate surface area is 340 Å². The van der Waals surface area contributed by atoms with Crippen LogP contribution in [0.1, 0.15) is 0 Å². The fourth-order valence-corrected chi connectivity index (χ4v) is 10.7. The smallest absolute Gasteiger partial charge is 0.0546 e. The Morgan fingerprint density at radius 1 is 0.298 bits per heavy atom. The molecule has 0 atom stereocenters. The predicted molar refractivity (Wildman–Crippen MR) is 249 cm³/mol. The molecular formula is C54H35NS2. The van der Waals surface area contributed by atoms with Gasteiger partial charge in [-0.2, -0.15) is 0 Å². The SMILES string of the molecule is c1ccc(-c2ccccc2-c2c(-c3ccccc3)cccc2N(c2ccc(-c3cccc4sc5ccccc5c34)cc2)c2ccc3sc4ccccc4c3c2)cc1. The maximum atomic E-state index is 2.47. The van der Waals surface area contributed by atoms with Crippen LogP contribution in [0.2, 0.25) is 0 Å². The van der Waals surface area contributed by atoms with Gasteiger partial charge in [0.25, 0.3) is 0 Å². The second kappa shape index (κ2) is 14.1. The monoisotopic (exact) mass is 761 g/mol. The minimum atomic E-state index is 1.10. The lowest BCUT2D eigenvalue weighted by Gasteiger charge is -2.30. The molecule has 0 amide bonds. The van der Waals surface area contributed by atoms with Crippen molar-refractivity contribution in [1.29, 1.82) is 0 Å². The maximum Gasteiger partial charge on any atom is 0.0546 e. The van der Waals surface area contributed by atoms with Crippen molar-refractivity contribution in [2.24, 2.45) is 0 Å². The van der Waals surface area contributed by atoms with Gasteiger partial charge in [0.1, 0.15) is 0 Å². The van der Waals surface area contributed by atoms with Gasteiger partial charge in [-0.25, -0.2) is 0 Å². The van der Waals surface area contributed by atoms with Crippen molar-refractivity contribution < 1.29 is 0 Å². The Morgan fingerprint density at radius 2 is 0.807 bits per heavy atom. The van der Waals surface area contributed by atoms with E-state index >= 15 is 0 Å². The summed E-state index contributed by atoms with van der Waals surface area (Å²) < 4.78 is 5.23. The molecular weight excluding hydrogens is 727 g/mol. The highest BCUT2D eigenvalue weighted by molar-refractivity contribution is 7.26. The fraction of sp³-hybridized carbons (Fsp3) is 0. The van der Waals surface area contributed by atoms with E-state index in [2.05, 4.69) is 217 Å². The highest BCUT2D eigenvalue weighted by Gasteiger charge is 2.23. The molecule has 0 saturated carbocycles. The molecule has 1 nitrogen and oxygen atoms in total. The lowest BCUT2D eigenvalue weighted by Crippen LogP contribution is -2.12. The summed E-state index contributed by atoms with van der Waals surface area (Å²) in [5, 5.41) is 5.21. The van der Waals surface area contributed by atoms with E-state index in [1.54, 1.807) is 0 Å². The topological polar surface area (TPSA) is 3.24 Å². The first-order valence-corrected chi connectivity index (χ1v) is 21.0.